The highest BCUT2D eigenvalue weighted by molar-refractivity contribution is 7.07. The van der Waals surface area contributed by atoms with Crippen molar-refractivity contribution in [1.82, 2.24) is 10.6 Å². The quantitative estimate of drug-likeness (QED) is 0.765. The second-order valence-electron chi connectivity index (χ2n) is 4.21. The number of thiophene rings is 1. The first-order chi connectivity index (χ1) is 9.75. The maximum atomic E-state index is 11.6. The lowest BCUT2D eigenvalue weighted by Crippen LogP contribution is -2.34. The number of furan rings is 1. The van der Waals surface area contributed by atoms with Gasteiger partial charge in [0.1, 0.15) is 0 Å². The summed E-state index contributed by atoms with van der Waals surface area (Å²) in [5.41, 5.74) is 1.18. The third-order valence-electron chi connectivity index (χ3n) is 2.70. The number of hydrogen-bond donors (Lipinski definition) is 2. The van der Waals surface area contributed by atoms with Gasteiger partial charge >= 0.3 is 0 Å². The van der Waals surface area contributed by atoms with Crippen LogP contribution in [0.4, 0.5) is 0 Å². The van der Waals surface area contributed by atoms with Crippen molar-refractivity contribution in [1.29, 1.82) is 0 Å². The molecule has 0 fully saturated rings. The van der Waals surface area contributed by atoms with Gasteiger partial charge in [-0.2, -0.15) is 11.3 Å². The van der Waals surface area contributed by atoms with Crippen LogP contribution in [0.5, 0.6) is 0 Å². The van der Waals surface area contributed by atoms with Crippen molar-refractivity contribution in [2.45, 2.75) is 12.8 Å². The van der Waals surface area contributed by atoms with Crippen LogP contribution in [0.3, 0.4) is 0 Å². The minimum Gasteiger partial charge on any atom is -0.459 e. The summed E-state index contributed by atoms with van der Waals surface area (Å²) < 4.78 is 4.95. The fourth-order valence-electron chi connectivity index (χ4n) is 1.65. The molecular formula is C14H16N2O3S. The van der Waals surface area contributed by atoms with Crippen molar-refractivity contribution >= 4 is 23.2 Å². The highest BCUT2D eigenvalue weighted by Crippen LogP contribution is 2.07. The maximum absolute atomic E-state index is 11.6. The van der Waals surface area contributed by atoms with Crippen LogP contribution in [0.2, 0.25) is 0 Å². The Bertz CT molecular complexity index is 535. The predicted octanol–water partition coefficient (Wildman–Crippen LogP) is 1.82. The molecule has 2 rings (SSSR count). The van der Waals surface area contributed by atoms with Crippen LogP contribution in [0.1, 0.15) is 22.5 Å². The van der Waals surface area contributed by atoms with E-state index in [-0.39, 0.29) is 17.6 Å². The van der Waals surface area contributed by atoms with E-state index in [4.69, 9.17) is 4.42 Å². The zero-order valence-electron chi connectivity index (χ0n) is 10.9. The number of carbonyl (C=O) groups excluding carboxylic acids is 2. The molecule has 106 valence electrons. The van der Waals surface area contributed by atoms with Gasteiger partial charge < -0.3 is 15.1 Å². The van der Waals surface area contributed by atoms with Crippen molar-refractivity contribution in [3.8, 4) is 0 Å². The summed E-state index contributed by atoms with van der Waals surface area (Å²) in [6.45, 7) is 0.790. The molecule has 2 aromatic heterocycles. The Morgan fingerprint density at radius 3 is 2.75 bits per heavy atom. The SMILES string of the molecule is O=C(CCc1ccsc1)NCCNC(=O)c1ccco1. The average Bonchev–Trinajstić information content (AvgIpc) is 3.13. The van der Waals surface area contributed by atoms with Crippen molar-refractivity contribution < 1.29 is 14.0 Å². The lowest BCUT2D eigenvalue weighted by Gasteiger charge is -2.05. The fraction of sp³-hybridized carbons (Fsp3) is 0.286. The first-order valence-electron chi connectivity index (χ1n) is 6.35. The average molecular weight is 292 g/mol. The number of hydrogen-bond acceptors (Lipinski definition) is 4. The highest BCUT2D eigenvalue weighted by Gasteiger charge is 2.07. The topological polar surface area (TPSA) is 71.3 Å². The summed E-state index contributed by atoms with van der Waals surface area (Å²) in [5.74, 6) is -0.0141. The third kappa shape index (κ3) is 4.55. The minimum absolute atomic E-state index is 0.0107. The van der Waals surface area contributed by atoms with Crippen molar-refractivity contribution in [3.05, 3.63) is 46.5 Å². The summed E-state index contributed by atoms with van der Waals surface area (Å²) in [4.78, 5) is 23.1. The van der Waals surface area contributed by atoms with E-state index in [1.54, 1.807) is 23.5 Å². The monoisotopic (exact) mass is 292 g/mol. The van der Waals surface area contributed by atoms with Gasteiger partial charge in [-0.25, -0.2) is 0 Å². The first kappa shape index (κ1) is 14.3. The summed E-state index contributed by atoms with van der Waals surface area (Å²) >= 11 is 1.63. The molecule has 2 aromatic rings. The highest BCUT2D eigenvalue weighted by atomic mass is 32.1. The number of rotatable bonds is 7. The lowest BCUT2D eigenvalue weighted by atomic mass is 10.2. The molecule has 0 aliphatic rings. The Balaban J connectivity index is 1.56. The summed E-state index contributed by atoms with van der Waals surface area (Å²) in [5, 5.41) is 9.47. The Morgan fingerprint density at radius 2 is 2.05 bits per heavy atom. The molecule has 2 heterocycles. The van der Waals surface area contributed by atoms with E-state index in [9.17, 15) is 9.59 Å². The van der Waals surface area contributed by atoms with Gasteiger partial charge in [0.05, 0.1) is 6.26 Å². The van der Waals surface area contributed by atoms with Gasteiger partial charge in [0, 0.05) is 19.5 Å². The van der Waals surface area contributed by atoms with Crippen LogP contribution in [-0.2, 0) is 11.2 Å². The molecule has 0 aliphatic heterocycles. The van der Waals surface area contributed by atoms with E-state index < -0.39 is 0 Å². The molecule has 0 aliphatic carbocycles. The zero-order chi connectivity index (χ0) is 14.2. The fourth-order valence-corrected chi connectivity index (χ4v) is 2.36. The van der Waals surface area contributed by atoms with Crippen LogP contribution in [0.15, 0.2) is 39.6 Å². The summed E-state index contributed by atoms with van der Waals surface area (Å²) in [6.07, 6.45) is 2.65. The smallest absolute Gasteiger partial charge is 0.287 e. The number of carbonyl (C=O) groups is 2. The van der Waals surface area contributed by atoms with Crippen LogP contribution >= 0.6 is 11.3 Å². The van der Waals surface area contributed by atoms with Gasteiger partial charge in [-0.15, -0.1) is 0 Å². The van der Waals surface area contributed by atoms with Crippen molar-refractivity contribution in [3.63, 3.8) is 0 Å². The minimum atomic E-state index is -0.275. The third-order valence-corrected chi connectivity index (χ3v) is 3.43. The van der Waals surface area contributed by atoms with E-state index in [0.717, 1.165) is 6.42 Å². The molecular weight excluding hydrogens is 276 g/mol. The van der Waals surface area contributed by atoms with Crippen molar-refractivity contribution in [2.75, 3.05) is 13.1 Å². The Morgan fingerprint density at radius 1 is 1.20 bits per heavy atom. The van der Waals surface area contributed by atoms with Gasteiger partial charge in [-0.1, -0.05) is 0 Å². The van der Waals surface area contributed by atoms with Crippen LogP contribution in [0.25, 0.3) is 0 Å². The van der Waals surface area contributed by atoms with Gasteiger partial charge in [-0.3, -0.25) is 9.59 Å². The Kier molecular flexibility index (Phi) is 5.37. The van der Waals surface area contributed by atoms with E-state index >= 15 is 0 Å². The molecule has 20 heavy (non-hydrogen) atoms. The molecule has 0 bridgehead atoms. The van der Waals surface area contributed by atoms with Crippen molar-refractivity contribution in [2.24, 2.45) is 0 Å². The van der Waals surface area contributed by atoms with E-state index in [1.807, 2.05) is 16.8 Å². The molecule has 0 unspecified atom stereocenters. The van der Waals surface area contributed by atoms with Crippen LogP contribution in [0, 0.1) is 0 Å². The van der Waals surface area contributed by atoms with Crippen LogP contribution in [-0.4, -0.2) is 24.9 Å². The van der Waals surface area contributed by atoms with E-state index in [2.05, 4.69) is 10.6 Å². The van der Waals surface area contributed by atoms with Gasteiger partial charge in [0.25, 0.3) is 5.91 Å². The molecule has 2 N–H and O–H groups in total. The Hall–Kier alpha value is -2.08. The molecule has 2 amide bonds. The zero-order valence-corrected chi connectivity index (χ0v) is 11.7. The van der Waals surface area contributed by atoms with Crippen LogP contribution < -0.4 is 10.6 Å². The Labute approximate surface area is 121 Å². The molecule has 0 spiro atoms. The molecule has 0 atom stereocenters. The van der Waals surface area contributed by atoms with E-state index in [0.29, 0.717) is 19.5 Å². The first-order valence-corrected chi connectivity index (χ1v) is 7.29. The maximum Gasteiger partial charge on any atom is 0.287 e. The standard InChI is InChI=1S/C14H16N2O3S/c17-13(4-3-11-5-9-20-10-11)15-6-7-16-14(18)12-2-1-8-19-12/h1-2,5,8-10H,3-4,6-7H2,(H,15,17)(H,16,18). The number of amides is 2. The normalized spacial score (nSPS) is 10.2. The molecule has 0 saturated heterocycles. The second-order valence-corrected chi connectivity index (χ2v) is 4.99. The molecule has 6 heteroatoms. The molecule has 0 saturated carbocycles. The van der Waals surface area contributed by atoms with Gasteiger partial charge in [0.15, 0.2) is 5.76 Å². The number of nitrogens with one attached hydrogen (secondary N) is 2. The summed E-state index contributed by atoms with van der Waals surface area (Å²) in [7, 11) is 0. The lowest BCUT2D eigenvalue weighted by molar-refractivity contribution is -0.121. The van der Waals surface area contributed by atoms with Gasteiger partial charge in [-0.05, 0) is 40.9 Å². The number of aryl methyl sites for hydroxylation is 1. The molecule has 0 aromatic carbocycles. The molecule has 0 radical (unpaired) electrons. The molecule has 5 nitrogen and oxygen atoms in total. The predicted molar refractivity (Wildman–Crippen MR) is 76.7 cm³/mol. The second kappa shape index (κ2) is 7.49. The van der Waals surface area contributed by atoms with Gasteiger partial charge in [0.2, 0.25) is 5.91 Å². The summed E-state index contributed by atoms with van der Waals surface area (Å²) in [6, 6.07) is 5.26. The largest absolute Gasteiger partial charge is 0.459 e. The van der Waals surface area contributed by atoms with E-state index in [1.165, 1.54) is 11.8 Å².